The van der Waals surface area contributed by atoms with Gasteiger partial charge in [-0.15, -0.1) is 0 Å². The molecule has 1 aliphatic heterocycles. The molecule has 1 rings (SSSR count). The van der Waals surface area contributed by atoms with Crippen LogP contribution in [-0.4, -0.2) is 50.2 Å². The first-order valence-electron chi connectivity index (χ1n) is 6.73. The van der Waals surface area contributed by atoms with Gasteiger partial charge in [-0.05, 0) is 12.8 Å². The van der Waals surface area contributed by atoms with Crippen molar-refractivity contribution in [2.75, 3.05) is 39.3 Å². The smallest absolute Gasteiger partial charge is 0.318 e. The molecule has 0 spiro atoms. The first-order valence-corrected chi connectivity index (χ1v) is 6.73. The number of hydrogen-bond acceptors (Lipinski definition) is 3. The topological polar surface area (TPSA) is 56.4 Å². The lowest BCUT2D eigenvalue weighted by molar-refractivity contribution is 0.229. The van der Waals surface area contributed by atoms with Gasteiger partial charge in [-0.3, -0.25) is 4.90 Å². The Morgan fingerprint density at radius 1 is 1.39 bits per heavy atom. The summed E-state index contributed by atoms with van der Waals surface area (Å²) >= 11 is 0. The third-order valence-corrected chi connectivity index (χ3v) is 3.26. The Morgan fingerprint density at radius 2 is 2.06 bits per heavy atom. The van der Waals surface area contributed by atoms with Gasteiger partial charge in [0.05, 0.1) is 0 Å². The molecule has 5 nitrogen and oxygen atoms in total. The number of carbonyl (C=O) groups excluding carboxylic acids is 1. The monoisotopic (exact) mass is 254 g/mol. The predicted molar refractivity (Wildman–Crippen MR) is 74.4 cm³/mol. The van der Waals surface area contributed by atoms with Crippen LogP contribution in [0.4, 0.5) is 4.79 Å². The number of nitrogens with one attached hydrogen (secondary N) is 3. The summed E-state index contributed by atoms with van der Waals surface area (Å²) in [5, 5.41) is 8.93. The molecule has 1 heterocycles. The first-order chi connectivity index (χ1) is 8.59. The van der Waals surface area contributed by atoms with Gasteiger partial charge in [-0.25, -0.2) is 4.79 Å². The zero-order valence-electron chi connectivity index (χ0n) is 11.8. The van der Waals surface area contributed by atoms with E-state index in [9.17, 15) is 4.79 Å². The molecule has 0 atom stereocenters. The summed E-state index contributed by atoms with van der Waals surface area (Å²) in [6.07, 6.45) is 1.78. The second-order valence-corrected chi connectivity index (χ2v) is 5.03. The van der Waals surface area contributed by atoms with Gasteiger partial charge in [-0.1, -0.05) is 19.4 Å². The third-order valence-electron chi connectivity index (χ3n) is 3.26. The number of carbonyl (C=O) groups is 1. The van der Waals surface area contributed by atoms with Crippen LogP contribution in [0.25, 0.3) is 0 Å². The fourth-order valence-corrected chi connectivity index (χ4v) is 1.66. The standard InChI is InChI=1S/C13H26N4O/c1-11(2)12(3)10-16-13(18)15-6-9-17-7-4-14-5-8-17/h10-11,14H,4-9H2,1-3H3,(H2,15,16,18)/b12-10+. The number of nitrogens with zero attached hydrogens (tertiary/aromatic N) is 1. The average molecular weight is 254 g/mol. The van der Waals surface area contributed by atoms with Crippen LogP contribution >= 0.6 is 0 Å². The maximum absolute atomic E-state index is 11.5. The van der Waals surface area contributed by atoms with E-state index in [4.69, 9.17) is 0 Å². The van der Waals surface area contributed by atoms with Crippen LogP contribution < -0.4 is 16.0 Å². The summed E-state index contributed by atoms with van der Waals surface area (Å²) in [6, 6.07) is -0.120. The summed E-state index contributed by atoms with van der Waals surface area (Å²) in [7, 11) is 0. The Labute approximate surface area is 110 Å². The maximum atomic E-state index is 11.5. The maximum Gasteiger partial charge on any atom is 0.318 e. The van der Waals surface area contributed by atoms with Crippen LogP contribution in [-0.2, 0) is 0 Å². The molecule has 0 bridgehead atoms. The molecule has 0 unspecified atom stereocenters. The van der Waals surface area contributed by atoms with Crippen molar-refractivity contribution in [3.8, 4) is 0 Å². The molecule has 18 heavy (non-hydrogen) atoms. The molecule has 104 valence electrons. The van der Waals surface area contributed by atoms with Gasteiger partial charge < -0.3 is 16.0 Å². The van der Waals surface area contributed by atoms with Crippen molar-refractivity contribution in [3.05, 3.63) is 11.8 Å². The van der Waals surface area contributed by atoms with E-state index in [1.54, 1.807) is 6.20 Å². The largest absolute Gasteiger partial charge is 0.337 e. The van der Waals surface area contributed by atoms with Gasteiger partial charge in [0.25, 0.3) is 0 Å². The van der Waals surface area contributed by atoms with Crippen LogP contribution in [0, 0.1) is 5.92 Å². The summed E-state index contributed by atoms with van der Waals surface area (Å²) < 4.78 is 0. The van der Waals surface area contributed by atoms with Gasteiger partial charge in [0.2, 0.25) is 0 Å². The van der Waals surface area contributed by atoms with Crippen LogP contribution in [0.5, 0.6) is 0 Å². The molecule has 0 aromatic carbocycles. The minimum Gasteiger partial charge on any atom is -0.337 e. The number of allylic oxidation sites excluding steroid dienone is 1. The van der Waals surface area contributed by atoms with E-state index in [1.807, 2.05) is 6.92 Å². The van der Waals surface area contributed by atoms with E-state index in [2.05, 4.69) is 34.7 Å². The zero-order chi connectivity index (χ0) is 13.4. The highest BCUT2D eigenvalue weighted by Crippen LogP contribution is 2.05. The molecular formula is C13H26N4O. The molecule has 0 aliphatic carbocycles. The number of piperazine rings is 1. The second-order valence-electron chi connectivity index (χ2n) is 5.03. The van der Waals surface area contributed by atoms with Crippen molar-refractivity contribution in [2.24, 2.45) is 5.92 Å². The normalized spacial score (nSPS) is 17.9. The lowest BCUT2D eigenvalue weighted by Crippen LogP contribution is -2.46. The molecule has 3 N–H and O–H groups in total. The average Bonchev–Trinajstić information content (AvgIpc) is 2.37. The van der Waals surface area contributed by atoms with E-state index in [0.29, 0.717) is 12.5 Å². The molecule has 1 saturated heterocycles. The molecule has 0 saturated carbocycles. The van der Waals surface area contributed by atoms with Crippen molar-refractivity contribution < 1.29 is 4.79 Å². The predicted octanol–water partition coefficient (Wildman–Crippen LogP) is 0.751. The molecule has 1 aliphatic rings. The van der Waals surface area contributed by atoms with E-state index in [-0.39, 0.29) is 6.03 Å². The van der Waals surface area contributed by atoms with Crippen molar-refractivity contribution in [3.63, 3.8) is 0 Å². The Hall–Kier alpha value is -1.07. The van der Waals surface area contributed by atoms with Crippen LogP contribution in [0.1, 0.15) is 20.8 Å². The lowest BCUT2D eigenvalue weighted by atomic mass is 10.1. The highest BCUT2D eigenvalue weighted by molar-refractivity contribution is 5.74. The molecule has 5 heteroatoms. The van der Waals surface area contributed by atoms with Crippen molar-refractivity contribution >= 4 is 6.03 Å². The lowest BCUT2D eigenvalue weighted by Gasteiger charge is -2.27. The summed E-state index contributed by atoms with van der Waals surface area (Å²) in [5.41, 5.74) is 1.17. The fraction of sp³-hybridized carbons (Fsp3) is 0.769. The molecule has 1 fully saturated rings. The molecule has 0 aromatic rings. The highest BCUT2D eigenvalue weighted by atomic mass is 16.2. The minimum atomic E-state index is -0.120. The molecule has 0 radical (unpaired) electrons. The number of rotatable bonds is 5. The van der Waals surface area contributed by atoms with E-state index < -0.39 is 0 Å². The number of amides is 2. The first kappa shape index (κ1) is 15.0. The van der Waals surface area contributed by atoms with Gasteiger partial charge in [0.1, 0.15) is 0 Å². The highest BCUT2D eigenvalue weighted by Gasteiger charge is 2.08. The van der Waals surface area contributed by atoms with Gasteiger partial charge in [0, 0.05) is 45.5 Å². The van der Waals surface area contributed by atoms with Crippen LogP contribution in [0.3, 0.4) is 0 Å². The number of hydrogen-bond donors (Lipinski definition) is 3. The summed E-state index contributed by atoms with van der Waals surface area (Å²) in [4.78, 5) is 13.9. The Morgan fingerprint density at radius 3 is 2.67 bits per heavy atom. The minimum absolute atomic E-state index is 0.120. The fourth-order valence-electron chi connectivity index (χ4n) is 1.66. The zero-order valence-corrected chi connectivity index (χ0v) is 11.8. The Balaban J connectivity index is 2.11. The van der Waals surface area contributed by atoms with Gasteiger partial charge in [-0.2, -0.15) is 0 Å². The summed E-state index contributed by atoms with van der Waals surface area (Å²) in [5.74, 6) is 0.464. The van der Waals surface area contributed by atoms with E-state index in [0.717, 1.165) is 32.7 Å². The Kier molecular flexibility index (Phi) is 6.75. The van der Waals surface area contributed by atoms with Gasteiger partial charge in [0.15, 0.2) is 0 Å². The van der Waals surface area contributed by atoms with Crippen molar-refractivity contribution in [1.29, 1.82) is 0 Å². The van der Waals surface area contributed by atoms with Crippen LogP contribution in [0.15, 0.2) is 11.8 Å². The van der Waals surface area contributed by atoms with Crippen LogP contribution in [0.2, 0.25) is 0 Å². The van der Waals surface area contributed by atoms with E-state index >= 15 is 0 Å². The molecule has 2 amide bonds. The SMILES string of the molecule is C/C(=C\NC(=O)NCCN1CCNCC1)C(C)C. The van der Waals surface area contributed by atoms with Crippen molar-refractivity contribution in [1.82, 2.24) is 20.9 Å². The summed E-state index contributed by atoms with van der Waals surface area (Å²) in [6.45, 7) is 12.1. The quantitative estimate of drug-likeness (QED) is 0.678. The third kappa shape index (κ3) is 6.02. The number of urea groups is 1. The molecule has 0 aromatic heterocycles. The van der Waals surface area contributed by atoms with E-state index in [1.165, 1.54) is 5.57 Å². The Bertz CT molecular complexity index is 283. The molecular weight excluding hydrogens is 228 g/mol. The second kappa shape index (κ2) is 8.11. The van der Waals surface area contributed by atoms with Gasteiger partial charge >= 0.3 is 6.03 Å². The van der Waals surface area contributed by atoms with Crippen molar-refractivity contribution in [2.45, 2.75) is 20.8 Å².